The van der Waals surface area contributed by atoms with Crippen molar-refractivity contribution in [1.82, 2.24) is 14.3 Å². The highest BCUT2D eigenvalue weighted by Crippen LogP contribution is 2.29. The molecule has 6 nitrogen and oxygen atoms in total. The molecule has 1 saturated heterocycles. The van der Waals surface area contributed by atoms with Gasteiger partial charge >= 0.3 is 0 Å². The van der Waals surface area contributed by atoms with Crippen molar-refractivity contribution in [3.8, 4) is 11.3 Å². The summed E-state index contributed by atoms with van der Waals surface area (Å²) in [6.07, 6.45) is 5.06. The first kappa shape index (κ1) is 24.1. The molecule has 1 aliphatic heterocycles. The van der Waals surface area contributed by atoms with Crippen LogP contribution in [-0.4, -0.2) is 52.8 Å². The van der Waals surface area contributed by atoms with Crippen LogP contribution >= 0.6 is 0 Å². The number of rotatable bonds is 8. The third kappa shape index (κ3) is 5.29. The highest BCUT2D eigenvalue weighted by atomic mass is 16.1. The molecular weight excluding hydrogens is 446 g/mol. The fraction of sp³-hybridized carbons (Fsp3) is 0.333. The zero-order valence-electron chi connectivity index (χ0n) is 21.4. The van der Waals surface area contributed by atoms with Crippen LogP contribution in [-0.2, 0) is 0 Å². The number of hydrogen-bond donors (Lipinski definition) is 1. The van der Waals surface area contributed by atoms with Crippen LogP contribution in [0.1, 0.15) is 37.6 Å². The molecule has 1 fully saturated rings. The zero-order chi connectivity index (χ0) is 25.1. The maximum Gasteiger partial charge on any atom is 0.161 e. The number of hydrogen-bond acceptors (Lipinski definition) is 5. The minimum absolute atomic E-state index is 0.0730. The first-order valence-electron chi connectivity index (χ1n) is 12.9. The number of carbonyl (C=O) groups is 1. The van der Waals surface area contributed by atoms with E-state index >= 15 is 0 Å². The quantitative estimate of drug-likeness (QED) is 0.308. The minimum atomic E-state index is 0.0730. The summed E-state index contributed by atoms with van der Waals surface area (Å²) >= 11 is 0. The van der Waals surface area contributed by atoms with Crippen molar-refractivity contribution >= 4 is 28.5 Å². The van der Waals surface area contributed by atoms with E-state index in [2.05, 4.69) is 74.7 Å². The molecule has 4 aromatic rings. The fourth-order valence-corrected chi connectivity index (χ4v) is 4.80. The van der Waals surface area contributed by atoms with Crippen LogP contribution < -0.4 is 10.2 Å². The Labute approximate surface area is 213 Å². The molecule has 1 aliphatic rings. The molecular formula is C30H35N5O. The van der Waals surface area contributed by atoms with Crippen molar-refractivity contribution in [1.29, 1.82) is 0 Å². The van der Waals surface area contributed by atoms with Crippen LogP contribution in [0.15, 0.2) is 73.1 Å². The molecule has 36 heavy (non-hydrogen) atoms. The first-order chi connectivity index (χ1) is 17.5. The number of Topliss-reactive ketones (excluding diaryl/α,β-unsaturated/α-hetero) is 1. The predicted octanol–water partition coefficient (Wildman–Crippen LogP) is 6.12. The van der Waals surface area contributed by atoms with E-state index in [9.17, 15) is 4.79 Å². The second-order valence-corrected chi connectivity index (χ2v) is 10.1. The second kappa shape index (κ2) is 10.5. The van der Waals surface area contributed by atoms with Gasteiger partial charge in [0.2, 0.25) is 0 Å². The smallest absolute Gasteiger partial charge is 0.161 e. The summed E-state index contributed by atoms with van der Waals surface area (Å²) in [5.74, 6) is 0.838. The summed E-state index contributed by atoms with van der Waals surface area (Å²) < 4.78 is 2.08. The molecule has 186 valence electrons. The van der Waals surface area contributed by atoms with Crippen LogP contribution in [0.25, 0.3) is 16.9 Å². The van der Waals surface area contributed by atoms with E-state index in [0.29, 0.717) is 0 Å². The zero-order valence-corrected chi connectivity index (χ0v) is 21.4. The average molecular weight is 482 g/mol. The average Bonchev–Trinajstić information content (AvgIpc) is 3.39. The van der Waals surface area contributed by atoms with Gasteiger partial charge in [0.05, 0.1) is 11.4 Å². The van der Waals surface area contributed by atoms with E-state index in [1.165, 1.54) is 18.7 Å². The number of fused-ring (bicyclic) bond motifs is 1. The number of ketones is 1. The summed E-state index contributed by atoms with van der Waals surface area (Å²) in [7, 11) is 0. The maximum atomic E-state index is 11.6. The monoisotopic (exact) mass is 481 g/mol. The van der Waals surface area contributed by atoms with Crippen LogP contribution in [0, 0.1) is 5.92 Å². The first-order valence-corrected chi connectivity index (χ1v) is 12.9. The van der Waals surface area contributed by atoms with Gasteiger partial charge in [0.25, 0.3) is 0 Å². The van der Waals surface area contributed by atoms with Crippen molar-refractivity contribution < 1.29 is 4.79 Å². The lowest BCUT2D eigenvalue weighted by Gasteiger charge is -2.36. The molecule has 6 heteroatoms. The maximum absolute atomic E-state index is 11.6. The Balaban J connectivity index is 1.27. The number of anilines is 3. The summed E-state index contributed by atoms with van der Waals surface area (Å²) in [5, 5.41) is 3.55. The molecule has 0 spiro atoms. The lowest BCUT2D eigenvalue weighted by molar-refractivity contribution is 0.101. The van der Waals surface area contributed by atoms with E-state index in [1.54, 1.807) is 6.92 Å². The molecule has 3 heterocycles. The van der Waals surface area contributed by atoms with Gasteiger partial charge in [-0.25, -0.2) is 4.98 Å². The van der Waals surface area contributed by atoms with Gasteiger partial charge in [0.15, 0.2) is 11.4 Å². The standard InChI is InChI=1S/C30H35N5O/c1-22(2)14-16-33-18-20-34(21-19-33)27-10-8-26(9-11-27)32-28-12-13-29(35-17-15-31-30(28)35)25-6-4-24(5-7-25)23(3)36/h4-13,15,17,22,32H,14,16,18-21H2,1-3H3. The minimum Gasteiger partial charge on any atom is -0.369 e. The summed E-state index contributed by atoms with van der Waals surface area (Å²) in [6.45, 7) is 11.8. The van der Waals surface area contributed by atoms with Crippen molar-refractivity contribution in [2.24, 2.45) is 5.92 Å². The number of carbonyl (C=O) groups excluding carboxylic acids is 1. The number of aromatic nitrogens is 2. The SMILES string of the molecule is CC(=O)c1ccc(-c2ccc(Nc3ccc(N4CCN(CCC(C)C)CC4)cc3)c3nccn23)cc1. The molecule has 0 unspecified atom stereocenters. The molecule has 5 rings (SSSR count). The molecule has 0 saturated carbocycles. The number of nitrogens with zero attached hydrogens (tertiary/aromatic N) is 4. The Morgan fingerprint density at radius 3 is 2.33 bits per heavy atom. The molecule has 0 bridgehead atoms. The third-order valence-electron chi connectivity index (χ3n) is 7.04. The molecule has 2 aromatic heterocycles. The van der Waals surface area contributed by atoms with Crippen molar-refractivity contribution in [3.05, 3.63) is 78.6 Å². The van der Waals surface area contributed by atoms with Crippen molar-refractivity contribution in [2.75, 3.05) is 42.9 Å². The largest absolute Gasteiger partial charge is 0.369 e. The van der Waals surface area contributed by atoms with Crippen LogP contribution in [0.5, 0.6) is 0 Å². The van der Waals surface area contributed by atoms with E-state index in [1.807, 2.05) is 36.7 Å². The summed E-state index contributed by atoms with van der Waals surface area (Å²) in [4.78, 5) is 21.3. The molecule has 0 atom stereocenters. The van der Waals surface area contributed by atoms with Gasteiger partial charge in [0.1, 0.15) is 0 Å². The van der Waals surface area contributed by atoms with Gasteiger partial charge < -0.3 is 10.2 Å². The topological polar surface area (TPSA) is 52.9 Å². The highest BCUT2D eigenvalue weighted by Gasteiger charge is 2.17. The Kier molecular flexibility index (Phi) is 7.05. The lowest BCUT2D eigenvalue weighted by atomic mass is 10.1. The van der Waals surface area contributed by atoms with E-state index in [0.717, 1.165) is 65.9 Å². The van der Waals surface area contributed by atoms with Gasteiger partial charge in [-0.1, -0.05) is 38.1 Å². The highest BCUT2D eigenvalue weighted by molar-refractivity contribution is 5.94. The van der Waals surface area contributed by atoms with Gasteiger partial charge in [-0.05, 0) is 67.8 Å². The Hall–Kier alpha value is -3.64. The van der Waals surface area contributed by atoms with Crippen molar-refractivity contribution in [3.63, 3.8) is 0 Å². The molecule has 0 aliphatic carbocycles. The number of piperazine rings is 1. The number of imidazole rings is 1. The molecule has 1 N–H and O–H groups in total. The Morgan fingerprint density at radius 1 is 0.944 bits per heavy atom. The second-order valence-electron chi connectivity index (χ2n) is 10.1. The number of nitrogens with one attached hydrogen (secondary N) is 1. The van der Waals surface area contributed by atoms with Crippen LogP contribution in [0.2, 0.25) is 0 Å². The number of pyridine rings is 1. The fourth-order valence-electron chi connectivity index (χ4n) is 4.80. The molecule has 0 radical (unpaired) electrons. The predicted molar refractivity (Wildman–Crippen MR) is 148 cm³/mol. The Bertz CT molecular complexity index is 1320. The van der Waals surface area contributed by atoms with Crippen molar-refractivity contribution in [2.45, 2.75) is 27.2 Å². The van der Waals surface area contributed by atoms with Gasteiger partial charge in [-0.3, -0.25) is 14.1 Å². The summed E-state index contributed by atoms with van der Waals surface area (Å²) in [5.41, 5.74) is 6.93. The number of benzene rings is 2. The lowest BCUT2D eigenvalue weighted by Crippen LogP contribution is -2.46. The van der Waals surface area contributed by atoms with Gasteiger partial charge in [-0.2, -0.15) is 0 Å². The molecule has 0 amide bonds. The van der Waals surface area contributed by atoms with Gasteiger partial charge in [-0.15, -0.1) is 0 Å². The van der Waals surface area contributed by atoms with Gasteiger partial charge in [0, 0.05) is 55.5 Å². The molecule has 2 aromatic carbocycles. The third-order valence-corrected chi connectivity index (χ3v) is 7.04. The summed E-state index contributed by atoms with van der Waals surface area (Å²) in [6, 6.07) is 20.6. The van der Waals surface area contributed by atoms with Crippen LogP contribution in [0.4, 0.5) is 17.1 Å². The Morgan fingerprint density at radius 2 is 1.67 bits per heavy atom. The van der Waals surface area contributed by atoms with Crippen LogP contribution in [0.3, 0.4) is 0 Å². The normalized spacial score (nSPS) is 14.5. The van der Waals surface area contributed by atoms with E-state index in [-0.39, 0.29) is 5.78 Å². The van der Waals surface area contributed by atoms with E-state index in [4.69, 9.17) is 0 Å². The van der Waals surface area contributed by atoms with E-state index < -0.39 is 0 Å².